The van der Waals surface area contributed by atoms with Gasteiger partial charge < -0.3 is 14.9 Å². The molecular formula is C10H17F3N2O2. The lowest BCUT2D eigenvalue weighted by atomic mass is 10.2. The van der Waals surface area contributed by atoms with E-state index in [2.05, 4.69) is 0 Å². The van der Waals surface area contributed by atoms with Crippen molar-refractivity contribution in [2.24, 2.45) is 0 Å². The second-order valence-electron chi connectivity index (χ2n) is 4.25. The normalized spacial score (nSPS) is 21.3. The molecule has 0 aromatic heterocycles. The summed E-state index contributed by atoms with van der Waals surface area (Å²) in [5, 5.41) is 8.66. The first-order valence-electron chi connectivity index (χ1n) is 5.53. The van der Waals surface area contributed by atoms with Gasteiger partial charge in [0.2, 0.25) is 0 Å². The van der Waals surface area contributed by atoms with Gasteiger partial charge in [0, 0.05) is 32.3 Å². The Bertz CT molecular complexity index is 271. The summed E-state index contributed by atoms with van der Waals surface area (Å²) in [5.41, 5.74) is 0. The fraction of sp³-hybridized carbons (Fsp3) is 0.900. The first kappa shape index (κ1) is 14.2. The van der Waals surface area contributed by atoms with Crippen molar-refractivity contribution in [3.05, 3.63) is 0 Å². The number of carbonyl (C=O) groups excluding carboxylic acids is 1. The third-order valence-corrected chi connectivity index (χ3v) is 2.99. The zero-order valence-corrected chi connectivity index (χ0v) is 9.70. The number of hydrogen-bond donors (Lipinski definition) is 1. The summed E-state index contributed by atoms with van der Waals surface area (Å²) < 4.78 is 36.6. The third kappa shape index (κ3) is 3.85. The van der Waals surface area contributed by atoms with Crippen LogP contribution in [0.2, 0.25) is 0 Å². The van der Waals surface area contributed by atoms with E-state index >= 15 is 0 Å². The fourth-order valence-corrected chi connectivity index (χ4v) is 1.97. The number of aliphatic hydroxyl groups excluding tert-OH is 1. The topological polar surface area (TPSA) is 43.8 Å². The predicted octanol–water partition coefficient (Wildman–Crippen LogP) is 0.464. The number of rotatable bonds is 4. The average Bonchev–Trinajstić information content (AvgIpc) is 2.72. The lowest BCUT2D eigenvalue weighted by molar-refractivity contribution is -0.184. The van der Waals surface area contributed by atoms with E-state index in [4.69, 9.17) is 5.11 Å². The van der Waals surface area contributed by atoms with E-state index in [0.717, 1.165) is 4.90 Å². The minimum atomic E-state index is -4.78. The van der Waals surface area contributed by atoms with Crippen LogP contribution in [0.1, 0.15) is 12.8 Å². The van der Waals surface area contributed by atoms with Gasteiger partial charge in [0.05, 0.1) is 0 Å². The number of likely N-dealkylation sites (N-methyl/N-ethyl adjacent to an activating group) is 1. The smallest absolute Gasteiger partial charge is 0.396 e. The molecule has 0 aliphatic carbocycles. The zero-order valence-electron chi connectivity index (χ0n) is 9.70. The summed E-state index contributed by atoms with van der Waals surface area (Å²) in [7, 11) is 1.79. The molecule has 1 atom stereocenters. The predicted molar refractivity (Wildman–Crippen MR) is 55.4 cm³/mol. The van der Waals surface area contributed by atoms with E-state index in [0.29, 0.717) is 19.4 Å². The van der Waals surface area contributed by atoms with Crippen LogP contribution in [0, 0.1) is 0 Å². The van der Waals surface area contributed by atoms with Crippen molar-refractivity contribution in [1.82, 2.24) is 9.80 Å². The minimum Gasteiger partial charge on any atom is -0.396 e. The monoisotopic (exact) mass is 254 g/mol. The molecule has 1 saturated heterocycles. The van der Waals surface area contributed by atoms with Crippen LogP contribution in [-0.4, -0.2) is 66.3 Å². The minimum absolute atomic E-state index is 0.0483. The lowest BCUT2D eigenvalue weighted by Crippen LogP contribution is -2.42. The van der Waals surface area contributed by atoms with Crippen LogP contribution < -0.4 is 0 Å². The molecule has 100 valence electrons. The molecule has 7 heteroatoms. The van der Waals surface area contributed by atoms with Crippen molar-refractivity contribution < 1.29 is 23.1 Å². The lowest BCUT2D eigenvalue weighted by Gasteiger charge is -2.24. The molecule has 1 aliphatic heterocycles. The van der Waals surface area contributed by atoms with Crippen LogP contribution in [0.3, 0.4) is 0 Å². The number of alkyl halides is 3. The first-order valence-corrected chi connectivity index (χ1v) is 5.53. The maximum atomic E-state index is 12.2. The summed E-state index contributed by atoms with van der Waals surface area (Å²) in [6.07, 6.45) is -3.65. The SMILES string of the molecule is CN(CCCO)C1CCN(C(=O)C(F)(F)F)C1. The van der Waals surface area contributed by atoms with E-state index in [1.165, 1.54) is 0 Å². The number of hydrogen-bond acceptors (Lipinski definition) is 3. The molecule has 17 heavy (non-hydrogen) atoms. The van der Waals surface area contributed by atoms with Crippen molar-refractivity contribution in [2.45, 2.75) is 25.1 Å². The molecule has 4 nitrogen and oxygen atoms in total. The number of halogens is 3. The van der Waals surface area contributed by atoms with Gasteiger partial charge in [-0.1, -0.05) is 0 Å². The fourth-order valence-electron chi connectivity index (χ4n) is 1.97. The molecule has 1 amide bonds. The quantitative estimate of drug-likeness (QED) is 0.793. The summed E-state index contributed by atoms with van der Waals surface area (Å²) in [4.78, 5) is 13.7. The second kappa shape index (κ2) is 5.68. The number of nitrogens with zero attached hydrogens (tertiary/aromatic N) is 2. The Balaban J connectivity index is 2.44. The highest BCUT2D eigenvalue weighted by atomic mass is 19.4. The summed E-state index contributed by atoms with van der Waals surface area (Å²) >= 11 is 0. The van der Waals surface area contributed by atoms with Crippen molar-refractivity contribution in [3.8, 4) is 0 Å². The molecular weight excluding hydrogens is 237 g/mol. The summed E-state index contributed by atoms with van der Waals surface area (Å²) in [6, 6.07) is -0.0483. The van der Waals surface area contributed by atoms with Crippen LogP contribution in [0.4, 0.5) is 13.2 Å². The number of aliphatic hydroxyl groups is 1. The maximum Gasteiger partial charge on any atom is 0.471 e. The average molecular weight is 254 g/mol. The van der Waals surface area contributed by atoms with Gasteiger partial charge in [-0.3, -0.25) is 4.79 Å². The number of carbonyl (C=O) groups is 1. The van der Waals surface area contributed by atoms with E-state index in [1.54, 1.807) is 7.05 Å². The molecule has 1 fully saturated rings. The molecule has 1 rings (SSSR count). The van der Waals surface area contributed by atoms with Gasteiger partial charge in [0.15, 0.2) is 0 Å². The zero-order chi connectivity index (χ0) is 13.1. The molecule has 1 aliphatic rings. The molecule has 0 spiro atoms. The standard InChI is InChI=1S/C10H17F3N2O2/c1-14(4-2-6-16)8-3-5-15(7-8)9(17)10(11,12)13/h8,16H,2-7H2,1H3. The molecule has 0 aromatic rings. The van der Waals surface area contributed by atoms with Gasteiger partial charge in [0.1, 0.15) is 0 Å². The molecule has 0 saturated carbocycles. The largest absolute Gasteiger partial charge is 0.471 e. The molecule has 0 radical (unpaired) electrons. The maximum absolute atomic E-state index is 12.2. The van der Waals surface area contributed by atoms with E-state index in [1.807, 2.05) is 4.90 Å². The Morgan fingerprint density at radius 1 is 1.53 bits per heavy atom. The van der Waals surface area contributed by atoms with Crippen LogP contribution in [0.15, 0.2) is 0 Å². The molecule has 0 aromatic carbocycles. The highest BCUT2D eigenvalue weighted by Gasteiger charge is 2.44. The Kier molecular flexibility index (Phi) is 4.76. The second-order valence-corrected chi connectivity index (χ2v) is 4.25. The summed E-state index contributed by atoms with van der Waals surface area (Å²) in [6.45, 7) is 0.935. The van der Waals surface area contributed by atoms with Crippen LogP contribution in [0.5, 0.6) is 0 Å². The number of likely N-dealkylation sites (tertiary alicyclic amines) is 1. The van der Waals surface area contributed by atoms with Crippen LogP contribution in [-0.2, 0) is 4.79 Å². The Morgan fingerprint density at radius 2 is 2.18 bits per heavy atom. The number of amides is 1. The molecule has 1 unspecified atom stereocenters. The van der Waals surface area contributed by atoms with Gasteiger partial charge in [-0.25, -0.2) is 0 Å². The van der Waals surface area contributed by atoms with Crippen molar-refractivity contribution in [1.29, 1.82) is 0 Å². The first-order chi connectivity index (χ1) is 7.86. The molecule has 1 N–H and O–H groups in total. The third-order valence-electron chi connectivity index (χ3n) is 2.99. The van der Waals surface area contributed by atoms with Gasteiger partial charge in [-0.05, 0) is 19.9 Å². The van der Waals surface area contributed by atoms with E-state index in [-0.39, 0.29) is 25.7 Å². The van der Waals surface area contributed by atoms with Crippen molar-refractivity contribution in [3.63, 3.8) is 0 Å². The molecule has 0 bridgehead atoms. The van der Waals surface area contributed by atoms with Crippen LogP contribution >= 0.6 is 0 Å². The van der Waals surface area contributed by atoms with Crippen molar-refractivity contribution in [2.75, 3.05) is 33.3 Å². The molecule has 1 heterocycles. The van der Waals surface area contributed by atoms with Crippen molar-refractivity contribution >= 4 is 5.91 Å². The van der Waals surface area contributed by atoms with Gasteiger partial charge in [0.25, 0.3) is 0 Å². The Morgan fingerprint density at radius 3 is 2.71 bits per heavy atom. The van der Waals surface area contributed by atoms with Gasteiger partial charge in [-0.2, -0.15) is 13.2 Å². The van der Waals surface area contributed by atoms with Gasteiger partial charge in [-0.15, -0.1) is 0 Å². The summed E-state index contributed by atoms with van der Waals surface area (Å²) in [5.74, 6) is -1.75. The highest BCUT2D eigenvalue weighted by molar-refractivity contribution is 5.82. The Labute approximate surface area is 98.0 Å². The van der Waals surface area contributed by atoms with Crippen LogP contribution in [0.25, 0.3) is 0 Å². The van der Waals surface area contributed by atoms with E-state index in [9.17, 15) is 18.0 Å². The highest BCUT2D eigenvalue weighted by Crippen LogP contribution is 2.23. The Hall–Kier alpha value is -0.820. The van der Waals surface area contributed by atoms with Gasteiger partial charge >= 0.3 is 12.1 Å². The van der Waals surface area contributed by atoms with E-state index < -0.39 is 12.1 Å².